The van der Waals surface area contributed by atoms with Crippen molar-refractivity contribution in [2.45, 2.75) is 26.4 Å². The fourth-order valence-corrected chi connectivity index (χ4v) is 4.49. The molecule has 1 aromatic heterocycles. The quantitative estimate of drug-likeness (QED) is 0.241. The van der Waals surface area contributed by atoms with Gasteiger partial charge in [0.05, 0.1) is 32.7 Å². The van der Waals surface area contributed by atoms with Crippen LogP contribution in [0.3, 0.4) is 0 Å². The lowest BCUT2D eigenvalue weighted by molar-refractivity contribution is 0.0696. The van der Waals surface area contributed by atoms with Crippen molar-refractivity contribution in [3.8, 4) is 5.75 Å². The van der Waals surface area contributed by atoms with Crippen LogP contribution in [0.2, 0.25) is 10.0 Å². The third-order valence-electron chi connectivity index (χ3n) is 5.25. The smallest absolute Gasteiger partial charge is 0.335 e. The highest BCUT2D eigenvalue weighted by molar-refractivity contribution is 9.10. The predicted molar refractivity (Wildman–Crippen MR) is 145 cm³/mol. The van der Waals surface area contributed by atoms with Gasteiger partial charge >= 0.3 is 5.97 Å². The third kappa shape index (κ3) is 5.61. The van der Waals surface area contributed by atoms with Crippen molar-refractivity contribution in [3.05, 3.63) is 102 Å². The molecule has 0 amide bonds. The number of benzene rings is 3. The van der Waals surface area contributed by atoms with E-state index in [0.29, 0.717) is 27.9 Å². The molecule has 0 spiro atoms. The Hall–Kier alpha value is -3.20. The predicted octanol–water partition coefficient (Wildman–Crippen LogP) is 6.75. The number of carbonyl (C=O) groups is 1. The summed E-state index contributed by atoms with van der Waals surface area (Å²) in [6.45, 7) is 3.95. The zero-order valence-electron chi connectivity index (χ0n) is 19.2. The number of rotatable bonds is 7. The zero-order chi connectivity index (χ0) is 26.0. The molecule has 36 heavy (non-hydrogen) atoms. The molecule has 0 fully saturated rings. The molecule has 1 N–H and O–H groups in total. The minimum Gasteiger partial charge on any atom is -0.486 e. The Labute approximate surface area is 225 Å². The van der Waals surface area contributed by atoms with Crippen molar-refractivity contribution < 1.29 is 14.6 Å². The summed E-state index contributed by atoms with van der Waals surface area (Å²) in [7, 11) is 0. The lowest BCUT2D eigenvalue weighted by Crippen LogP contribution is -2.23. The van der Waals surface area contributed by atoms with Crippen LogP contribution >= 0.6 is 39.1 Å². The first kappa shape index (κ1) is 25.9. The first-order valence-electron chi connectivity index (χ1n) is 10.8. The highest BCUT2D eigenvalue weighted by Crippen LogP contribution is 2.34. The van der Waals surface area contributed by atoms with Crippen molar-refractivity contribution in [1.82, 2.24) is 9.66 Å². The summed E-state index contributed by atoms with van der Waals surface area (Å²) in [6.07, 6.45) is 1.48. The first-order chi connectivity index (χ1) is 17.1. The van der Waals surface area contributed by atoms with Crippen molar-refractivity contribution in [1.29, 1.82) is 0 Å². The van der Waals surface area contributed by atoms with Crippen LogP contribution in [0.1, 0.15) is 47.1 Å². The molecule has 0 saturated carbocycles. The van der Waals surface area contributed by atoms with Crippen molar-refractivity contribution in [2.24, 2.45) is 5.10 Å². The van der Waals surface area contributed by atoms with Crippen LogP contribution in [0.15, 0.2) is 69.0 Å². The number of hydrogen-bond donors (Lipinski definition) is 1. The molecule has 1 heterocycles. The average Bonchev–Trinajstić information content (AvgIpc) is 2.83. The van der Waals surface area contributed by atoms with Gasteiger partial charge in [-0.1, -0.05) is 65.1 Å². The summed E-state index contributed by atoms with van der Waals surface area (Å²) in [6, 6.07) is 15.0. The monoisotopic (exact) mass is 587 g/mol. The second-order valence-electron chi connectivity index (χ2n) is 8.26. The molecule has 184 valence electrons. The van der Waals surface area contributed by atoms with E-state index in [1.165, 1.54) is 23.0 Å². The second kappa shape index (κ2) is 10.8. The van der Waals surface area contributed by atoms with Gasteiger partial charge in [0.25, 0.3) is 5.56 Å². The highest BCUT2D eigenvalue weighted by atomic mass is 79.9. The van der Waals surface area contributed by atoms with E-state index < -0.39 is 5.97 Å². The molecule has 0 saturated heterocycles. The van der Waals surface area contributed by atoms with Gasteiger partial charge in [0.1, 0.15) is 12.4 Å². The van der Waals surface area contributed by atoms with E-state index in [0.717, 1.165) is 4.47 Å². The molecule has 0 aliphatic heterocycles. The van der Waals surface area contributed by atoms with Gasteiger partial charge in [-0.2, -0.15) is 9.78 Å². The maximum Gasteiger partial charge on any atom is 0.335 e. The lowest BCUT2D eigenvalue weighted by Gasteiger charge is -2.13. The van der Waals surface area contributed by atoms with Gasteiger partial charge in [-0.05, 0) is 53.6 Å². The molecule has 4 rings (SSSR count). The minimum absolute atomic E-state index is 0.0505. The van der Waals surface area contributed by atoms with Gasteiger partial charge in [-0.3, -0.25) is 4.79 Å². The molecule has 0 aliphatic carbocycles. The maximum absolute atomic E-state index is 13.2. The molecule has 10 heteroatoms. The van der Waals surface area contributed by atoms with E-state index in [9.17, 15) is 9.59 Å². The number of fused-ring (bicyclic) bond motifs is 1. The summed E-state index contributed by atoms with van der Waals surface area (Å²) in [5, 5.41) is 14.5. The van der Waals surface area contributed by atoms with Crippen LogP contribution in [0, 0.1) is 0 Å². The van der Waals surface area contributed by atoms with Crippen LogP contribution in [0.4, 0.5) is 0 Å². The van der Waals surface area contributed by atoms with Crippen LogP contribution in [-0.2, 0) is 6.61 Å². The normalized spacial score (nSPS) is 11.5. The first-order valence-corrected chi connectivity index (χ1v) is 12.4. The van der Waals surface area contributed by atoms with Gasteiger partial charge in [0.15, 0.2) is 5.75 Å². The largest absolute Gasteiger partial charge is 0.486 e. The Morgan fingerprint density at radius 3 is 2.56 bits per heavy atom. The molecule has 3 aromatic carbocycles. The number of carboxylic acid groups (broad SMARTS) is 1. The van der Waals surface area contributed by atoms with E-state index in [4.69, 9.17) is 33.0 Å². The molecular weight excluding hydrogens is 569 g/mol. The van der Waals surface area contributed by atoms with E-state index in [1.807, 2.05) is 19.9 Å². The molecule has 0 atom stereocenters. The van der Waals surface area contributed by atoms with Crippen molar-refractivity contribution >= 4 is 62.2 Å². The molecule has 0 aliphatic rings. The number of nitrogens with zero attached hydrogens (tertiary/aromatic N) is 3. The van der Waals surface area contributed by atoms with Crippen molar-refractivity contribution in [2.75, 3.05) is 0 Å². The highest BCUT2D eigenvalue weighted by Gasteiger charge is 2.15. The number of hydrogen-bond acceptors (Lipinski definition) is 5. The Bertz CT molecular complexity index is 1540. The van der Waals surface area contributed by atoms with Crippen LogP contribution in [0.25, 0.3) is 10.9 Å². The number of halogens is 3. The van der Waals surface area contributed by atoms with Gasteiger partial charge in [-0.15, -0.1) is 0 Å². The number of aromatic carboxylic acids is 1. The second-order valence-corrected chi connectivity index (χ2v) is 9.99. The third-order valence-corrected chi connectivity index (χ3v) is 6.30. The molecule has 7 nitrogen and oxygen atoms in total. The Morgan fingerprint density at radius 2 is 1.89 bits per heavy atom. The number of carboxylic acids is 1. The average molecular weight is 589 g/mol. The molecule has 0 bridgehead atoms. The molecule has 0 radical (unpaired) electrons. The van der Waals surface area contributed by atoms with Gasteiger partial charge in [-0.25, -0.2) is 9.78 Å². The Morgan fingerprint density at radius 1 is 1.17 bits per heavy atom. The zero-order valence-corrected chi connectivity index (χ0v) is 22.3. The Kier molecular flexibility index (Phi) is 7.78. The molecule has 0 unspecified atom stereocenters. The summed E-state index contributed by atoms with van der Waals surface area (Å²) in [4.78, 5) is 29.0. The lowest BCUT2D eigenvalue weighted by atomic mass is 10.1. The van der Waals surface area contributed by atoms with Gasteiger partial charge < -0.3 is 9.84 Å². The molecule has 4 aromatic rings. The fourth-order valence-electron chi connectivity index (χ4n) is 3.52. The summed E-state index contributed by atoms with van der Waals surface area (Å²) >= 11 is 16.2. The summed E-state index contributed by atoms with van der Waals surface area (Å²) in [5.41, 5.74) is 1.68. The number of aromatic nitrogens is 2. The minimum atomic E-state index is -1.02. The molecular formula is C26H20BrCl2N3O4. The van der Waals surface area contributed by atoms with Crippen LogP contribution in [0.5, 0.6) is 5.75 Å². The van der Waals surface area contributed by atoms with Gasteiger partial charge in [0, 0.05) is 10.4 Å². The van der Waals surface area contributed by atoms with Gasteiger partial charge in [0.2, 0.25) is 0 Å². The SMILES string of the molecule is CC(C)c1nc2ccc(Br)cc2c(=O)n1N=Cc1cc(Cl)c(OCc2cccc(C(=O)O)c2)c(Cl)c1. The van der Waals surface area contributed by atoms with E-state index in [1.54, 1.807) is 36.4 Å². The number of ether oxygens (including phenoxy) is 1. The van der Waals surface area contributed by atoms with E-state index in [-0.39, 0.29) is 39.4 Å². The van der Waals surface area contributed by atoms with Crippen LogP contribution < -0.4 is 10.3 Å². The topological polar surface area (TPSA) is 93.8 Å². The fraction of sp³-hybridized carbons (Fsp3) is 0.154. The van der Waals surface area contributed by atoms with Crippen molar-refractivity contribution in [3.63, 3.8) is 0 Å². The maximum atomic E-state index is 13.2. The van der Waals surface area contributed by atoms with Crippen LogP contribution in [-0.4, -0.2) is 27.0 Å². The van der Waals surface area contributed by atoms with E-state index >= 15 is 0 Å². The Balaban J connectivity index is 1.63. The standard InChI is InChI=1S/C26H20BrCl2N3O4/c1-14(2)24-31-22-7-6-18(27)11-19(22)25(33)32(24)30-12-16-9-20(28)23(21(29)10-16)36-13-15-4-3-5-17(8-15)26(34)35/h3-12,14H,13H2,1-2H3,(H,34,35). The summed E-state index contributed by atoms with van der Waals surface area (Å²) < 4.78 is 7.81. The summed E-state index contributed by atoms with van der Waals surface area (Å²) in [5.74, 6) is -0.295. The van der Waals surface area contributed by atoms with E-state index in [2.05, 4.69) is 26.0 Å².